The van der Waals surface area contributed by atoms with E-state index in [-0.39, 0.29) is 5.28 Å². The molecule has 5 heteroatoms. The molecule has 2 aromatic rings. The van der Waals surface area contributed by atoms with Gasteiger partial charge in [-0.2, -0.15) is 10.1 Å². The average Bonchev–Trinajstić information content (AvgIpc) is 2.95. The van der Waals surface area contributed by atoms with Crippen molar-refractivity contribution in [1.29, 1.82) is 0 Å². The Kier molecular flexibility index (Phi) is 2.17. The zero-order chi connectivity index (χ0) is 11.1. The lowest BCUT2D eigenvalue weighted by Crippen LogP contribution is -2.01. The Hall–Kier alpha value is -1.42. The molecule has 0 N–H and O–H groups in total. The van der Waals surface area contributed by atoms with Gasteiger partial charge in [0.1, 0.15) is 0 Å². The molecule has 82 valence electrons. The van der Waals surface area contributed by atoms with Gasteiger partial charge in [0.25, 0.3) is 0 Å². The number of hydrogen-bond acceptors (Lipinski definition) is 3. The topological polar surface area (TPSA) is 43.6 Å². The molecule has 2 aromatic heterocycles. The molecule has 0 radical (unpaired) electrons. The number of rotatable bonds is 2. The van der Waals surface area contributed by atoms with Crippen LogP contribution in [0.5, 0.6) is 0 Å². The van der Waals surface area contributed by atoms with Crippen LogP contribution < -0.4 is 0 Å². The molecule has 1 saturated carbocycles. The van der Waals surface area contributed by atoms with Gasteiger partial charge in [-0.25, -0.2) is 9.67 Å². The predicted molar refractivity (Wildman–Crippen MR) is 60.9 cm³/mol. The normalized spacial score (nSPS) is 15.4. The minimum Gasteiger partial charge on any atom is -0.223 e. The van der Waals surface area contributed by atoms with Crippen molar-refractivity contribution < 1.29 is 0 Å². The highest BCUT2D eigenvalue weighted by Crippen LogP contribution is 2.38. The van der Waals surface area contributed by atoms with Crippen molar-refractivity contribution in [3.8, 4) is 5.82 Å². The summed E-state index contributed by atoms with van der Waals surface area (Å²) in [5.41, 5.74) is 1.99. The second-order valence-corrected chi connectivity index (χ2v) is 4.43. The maximum Gasteiger partial charge on any atom is 0.224 e. The molecule has 0 spiro atoms. The highest BCUT2D eigenvalue weighted by Gasteiger charge is 2.26. The van der Waals surface area contributed by atoms with Crippen molar-refractivity contribution in [1.82, 2.24) is 19.7 Å². The maximum atomic E-state index is 5.82. The van der Waals surface area contributed by atoms with E-state index >= 15 is 0 Å². The van der Waals surface area contributed by atoms with Gasteiger partial charge in [0.05, 0.1) is 5.69 Å². The molecule has 0 aromatic carbocycles. The van der Waals surface area contributed by atoms with Gasteiger partial charge in [-0.05, 0) is 37.4 Å². The first-order valence-corrected chi connectivity index (χ1v) is 5.67. The first kappa shape index (κ1) is 9.78. The maximum absolute atomic E-state index is 5.82. The van der Waals surface area contributed by atoms with Gasteiger partial charge in [-0.3, -0.25) is 0 Å². The Morgan fingerprint density at radius 3 is 2.88 bits per heavy atom. The predicted octanol–water partition coefficient (Wildman–Crippen LogP) is 2.50. The second kappa shape index (κ2) is 3.56. The standard InChI is InChI=1S/C11H11ClN4/c1-7-6-10(14-11(12)13-7)16-5-4-9(15-16)8-2-3-8/h4-6,8H,2-3H2,1H3. The van der Waals surface area contributed by atoms with E-state index in [4.69, 9.17) is 11.6 Å². The Balaban J connectivity index is 2.00. The molecule has 1 aliphatic rings. The van der Waals surface area contributed by atoms with Gasteiger partial charge in [-0.15, -0.1) is 0 Å². The first-order valence-electron chi connectivity index (χ1n) is 5.29. The van der Waals surface area contributed by atoms with E-state index in [0.717, 1.165) is 17.2 Å². The zero-order valence-electron chi connectivity index (χ0n) is 8.89. The highest BCUT2D eigenvalue weighted by atomic mass is 35.5. The Morgan fingerprint density at radius 1 is 1.38 bits per heavy atom. The molecule has 3 rings (SSSR count). The molecular weight excluding hydrogens is 224 g/mol. The largest absolute Gasteiger partial charge is 0.224 e. The molecule has 16 heavy (non-hydrogen) atoms. The van der Waals surface area contributed by atoms with Crippen LogP contribution >= 0.6 is 11.6 Å². The molecule has 1 aliphatic carbocycles. The van der Waals surface area contributed by atoms with Crippen molar-refractivity contribution in [2.24, 2.45) is 0 Å². The molecular formula is C11H11ClN4. The van der Waals surface area contributed by atoms with Crippen molar-refractivity contribution in [3.05, 3.63) is 35.0 Å². The fraction of sp³-hybridized carbons (Fsp3) is 0.364. The molecule has 0 saturated heterocycles. The summed E-state index contributed by atoms with van der Waals surface area (Å²) in [6.45, 7) is 1.89. The third-order valence-corrected chi connectivity index (χ3v) is 2.82. The fourth-order valence-corrected chi connectivity index (χ4v) is 1.92. The number of hydrogen-bond donors (Lipinski definition) is 0. The van der Waals surface area contributed by atoms with Crippen LogP contribution in [0.1, 0.15) is 30.1 Å². The van der Waals surface area contributed by atoms with Crippen LogP contribution in [-0.4, -0.2) is 19.7 Å². The van der Waals surface area contributed by atoms with E-state index in [1.807, 2.05) is 25.3 Å². The highest BCUT2D eigenvalue weighted by molar-refractivity contribution is 6.28. The van der Waals surface area contributed by atoms with Crippen LogP contribution in [-0.2, 0) is 0 Å². The number of nitrogens with zero attached hydrogens (tertiary/aromatic N) is 4. The van der Waals surface area contributed by atoms with Crippen molar-refractivity contribution in [3.63, 3.8) is 0 Å². The summed E-state index contributed by atoms with van der Waals surface area (Å²) in [4.78, 5) is 8.18. The van der Waals surface area contributed by atoms with Crippen LogP contribution in [0.2, 0.25) is 5.28 Å². The van der Waals surface area contributed by atoms with Crippen molar-refractivity contribution >= 4 is 11.6 Å². The van der Waals surface area contributed by atoms with Crippen LogP contribution in [0.4, 0.5) is 0 Å². The number of aryl methyl sites for hydroxylation is 1. The third-order valence-electron chi connectivity index (χ3n) is 2.65. The minimum atomic E-state index is 0.262. The monoisotopic (exact) mass is 234 g/mol. The van der Waals surface area contributed by atoms with E-state index < -0.39 is 0 Å². The van der Waals surface area contributed by atoms with Crippen LogP contribution in [0.15, 0.2) is 18.3 Å². The summed E-state index contributed by atoms with van der Waals surface area (Å²) in [6, 6.07) is 3.92. The van der Waals surface area contributed by atoms with E-state index in [9.17, 15) is 0 Å². The summed E-state index contributed by atoms with van der Waals surface area (Å²) in [5, 5.41) is 4.75. The molecule has 1 fully saturated rings. The molecule has 4 nitrogen and oxygen atoms in total. The second-order valence-electron chi connectivity index (χ2n) is 4.10. The van der Waals surface area contributed by atoms with Crippen LogP contribution in [0.25, 0.3) is 5.82 Å². The minimum absolute atomic E-state index is 0.262. The molecule has 0 aliphatic heterocycles. The summed E-state index contributed by atoms with van der Waals surface area (Å²) in [6.07, 6.45) is 4.42. The summed E-state index contributed by atoms with van der Waals surface area (Å²) < 4.78 is 1.76. The van der Waals surface area contributed by atoms with E-state index in [0.29, 0.717) is 5.92 Å². The van der Waals surface area contributed by atoms with Crippen molar-refractivity contribution in [2.45, 2.75) is 25.7 Å². The zero-order valence-corrected chi connectivity index (χ0v) is 9.65. The third kappa shape index (κ3) is 1.80. The summed E-state index contributed by atoms with van der Waals surface area (Å²) in [7, 11) is 0. The molecule has 0 atom stereocenters. The number of halogens is 1. The molecule has 0 bridgehead atoms. The molecule has 2 heterocycles. The van der Waals surface area contributed by atoms with E-state index in [1.165, 1.54) is 12.8 Å². The van der Waals surface area contributed by atoms with Crippen LogP contribution in [0.3, 0.4) is 0 Å². The summed E-state index contributed by atoms with van der Waals surface area (Å²) >= 11 is 5.82. The average molecular weight is 235 g/mol. The van der Waals surface area contributed by atoms with E-state index in [2.05, 4.69) is 15.1 Å². The quantitative estimate of drug-likeness (QED) is 0.750. The SMILES string of the molecule is Cc1cc(-n2ccc(C3CC3)n2)nc(Cl)n1. The Morgan fingerprint density at radius 2 is 2.19 bits per heavy atom. The first-order chi connectivity index (χ1) is 7.72. The van der Waals surface area contributed by atoms with Gasteiger partial charge in [-0.1, -0.05) is 0 Å². The Bertz CT molecular complexity index is 510. The molecule has 0 unspecified atom stereocenters. The van der Waals surface area contributed by atoms with Gasteiger partial charge >= 0.3 is 0 Å². The lowest BCUT2D eigenvalue weighted by Gasteiger charge is -2.01. The van der Waals surface area contributed by atoms with Crippen molar-refractivity contribution in [2.75, 3.05) is 0 Å². The number of aromatic nitrogens is 4. The molecule has 0 amide bonds. The lowest BCUT2D eigenvalue weighted by atomic mass is 10.3. The van der Waals surface area contributed by atoms with Gasteiger partial charge in [0, 0.05) is 23.9 Å². The van der Waals surface area contributed by atoms with Gasteiger partial charge in [0.15, 0.2) is 5.82 Å². The Labute approximate surface area is 98.3 Å². The van der Waals surface area contributed by atoms with Gasteiger partial charge < -0.3 is 0 Å². The lowest BCUT2D eigenvalue weighted by molar-refractivity contribution is 0.805. The van der Waals surface area contributed by atoms with Gasteiger partial charge in [0.2, 0.25) is 5.28 Å². The fourth-order valence-electron chi connectivity index (χ4n) is 1.70. The smallest absolute Gasteiger partial charge is 0.223 e. The van der Waals surface area contributed by atoms with E-state index in [1.54, 1.807) is 4.68 Å². The van der Waals surface area contributed by atoms with Crippen LogP contribution in [0, 0.1) is 6.92 Å². The summed E-state index contributed by atoms with van der Waals surface area (Å²) in [5.74, 6) is 1.38.